The second-order valence-corrected chi connectivity index (χ2v) is 8.35. The molecule has 3 rings (SSSR count). The van der Waals surface area contributed by atoms with Crippen molar-refractivity contribution in [3.05, 3.63) is 82.0 Å². The number of aromatic nitrogens is 1. The van der Waals surface area contributed by atoms with Gasteiger partial charge in [-0.3, -0.25) is 4.79 Å². The van der Waals surface area contributed by atoms with Crippen molar-refractivity contribution in [2.45, 2.75) is 17.2 Å². The number of hydrogen-bond donors (Lipinski definition) is 1. The monoisotopic (exact) mass is 486 g/mol. The number of nitrogens with one attached hydrogen (secondary N) is 1. The third kappa shape index (κ3) is 6.00. The molecule has 0 bridgehead atoms. The van der Waals surface area contributed by atoms with Gasteiger partial charge in [0, 0.05) is 23.0 Å². The van der Waals surface area contributed by atoms with Crippen LogP contribution in [0, 0.1) is 0 Å². The molecule has 0 saturated carbocycles. The first-order valence-corrected chi connectivity index (χ1v) is 11.2. The van der Waals surface area contributed by atoms with E-state index in [1.165, 1.54) is 5.56 Å². The van der Waals surface area contributed by atoms with Gasteiger partial charge >= 0.3 is 0 Å². The number of benzene rings is 2. The lowest BCUT2D eigenvalue weighted by Crippen LogP contribution is -2.26. The van der Waals surface area contributed by atoms with E-state index in [0.29, 0.717) is 30.0 Å². The minimum atomic E-state index is -0.125. The predicted molar refractivity (Wildman–Crippen MR) is 124 cm³/mol. The Morgan fingerprint density at radius 2 is 1.87 bits per heavy atom. The van der Waals surface area contributed by atoms with Gasteiger partial charge in [0.05, 0.1) is 19.8 Å². The van der Waals surface area contributed by atoms with Gasteiger partial charge in [0.2, 0.25) is 0 Å². The van der Waals surface area contributed by atoms with E-state index in [4.69, 9.17) is 9.47 Å². The van der Waals surface area contributed by atoms with E-state index in [1.807, 2.05) is 36.4 Å². The number of carbonyl (C=O) groups is 1. The van der Waals surface area contributed by atoms with Gasteiger partial charge in [0.25, 0.3) is 5.91 Å². The molecule has 1 heterocycles. The van der Waals surface area contributed by atoms with Gasteiger partial charge in [-0.2, -0.15) is 0 Å². The first-order valence-electron chi connectivity index (χ1n) is 9.42. The van der Waals surface area contributed by atoms with Crippen LogP contribution in [0.4, 0.5) is 0 Å². The van der Waals surface area contributed by atoms with Crippen LogP contribution in [0.25, 0.3) is 0 Å². The average Bonchev–Trinajstić information content (AvgIpc) is 2.77. The van der Waals surface area contributed by atoms with E-state index in [-0.39, 0.29) is 5.91 Å². The zero-order valence-electron chi connectivity index (χ0n) is 16.9. The predicted octanol–water partition coefficient (Wildman–Crippen LogP) is 5.13. The van der Waals surface area contributed by atoms with Crippen LogP contribution in [0.2, 0.25) is 0 Å². The summed E-state index contributed by atoms with van der Waals surface area (Å²) in [6.45, 7) is 0.513. The summed E-state index contributed by atoms with van der Waals surface area (Å²) >= 11 is 5.04. The van der Waals surface area contributed by atoms with E-state index < -0.39 is 0 Å². The van der Waals surface area contributed by atoms with Crippen LogP contribution in [0.1, 0.15) is 21.5 Å². The molecule has 0 aliphatic rings. The molecule has 0 saturated heterocycles. The lowest BCUT2D eigenvalue weighted by Gasteiger charge is -2.11. The van der Waals surface area contributed by atoms with Gasteiger partial charge in [0.1, 0.15) is 5.03 Å². The van der Waals surface area contributed by atoms with Crippen molar-refractivity contribution in [3.8, 4) is 11.5 Å². The van der Waals surface area contributed by atoms with E-state index in [2.05, 4.69) is 38.4 Å². The largest absolute Gasteiger partial charge is 0.493 e. The SMILES string of the molecule is COc1ccc(CCNC(=O)c2cccnc2SCc2cccc(Br)c2)cc1OC. The Kier molecular flexibility index (Phi) is 8.16. The molecule has 7 heteroatoms. The summed E-state index contributed by atoms with van der Waals surface area (Å²) in [6, 6.07) is 17.5. The summed E-state index contributed by atoms with van der Waals surface area (Å²) in [4.78, 5) is 17.1. The van der Waals surface area contributed by atoms with Gasteiger partial charge in [0.15, 0.2) is 11.5 Å². The number of amides is 1. The van der Waals surface area contributed by atoms with E-state index in [9.17, 15) is 4.79 Å². The number of pyridine rings is 1. The molecule has 30 heavy (non-hydrogen) atoms. The molecule has 5 nitrogen and oxygen atoms in total. The maximum absolute atomic E-state index is 12.7. The standard InChI is InChI=1S/C23H23BrN2O3S/c1-28-20-9-8-16(14-21(20)29-2)10-12-25-22(27)19-7-4-11-26-23(19)30-15-17-5-3-6-18(24)13-17/h3-9,11,13-14H,10,12,15H2,1-2H3,(H,25,27). The number of carbonyl (C=O) groups excluding carboxylic acids is 1. The molecule has 0 fully saturated rings. The molecule has 1 N–H and O–H groups in total. The molecule has 1 amide bonds. The molecular weight excluding hydrogens is 464 g/mol. The third-order valence-corrected chi connectivity index (χ3v) is 6.00. The first-order chi connectivity index (χ1) is 14.6. The Labute approximate surface area is 189 Å². The Bertz CT molecular complexity index is 1010. The summed E-state index contributed by atoms with van der Waals surface area (Å²) < 4.78 is 11.6. The van der Waals surface area contributed by atoms with Crippen molar-refractivity contribution in [2.24, 2.45) is 0 Å². The van der Waals surface area contributed by atoms with Crippen LogP contribution in [0.5, 0.6) is 11.5 Å². The van der Waals surface area contributed by atoms with Crippen molar-refractivity contribution in [1.29, 1.82) is 0 Å². The van der Waals surface area contributed by atoms with E-state index in [0.717, 1.165) is 20.8 Å². The molecule has 0 atom stereocenters. The van der Waals surface area contributed by atoms with Crippen molar-refractivity contribution < 1.29 is 14.3 Å². The normalized spacial score (nSPS) is 10.5. The minimum absolute atomic E-state index is 0.125. The molecule has 3 aromatic rings. The fraction of sp³-hybridized carbons (Fsp3) is 0.217. The van der Waals surface area contributed by atoms with Crippen molar-refractivity contribution >= 4 is 33.6 Å². The first kappa shape index (κ1) is 22.2. The van der Waals surface area contributed by atoms with E-state index >= 15 is 0 Å². The number of methoxy groups -OCH3 is 2. The Balaban J connectivity index is 1.59. The number of thioether (sulfide) groups is 1. The lowest BCUT2D eigenvalue weighted by atomic mass is 10.1. The summed E-state index contributed by atoms with van der Waals surface area (Å²) in [6.07, 6.45) is 2.40. The minimum Gasteiger partial charge on any atom is -0.493 e. The van der Waals surface area contributed by atoms with Gasteiger partial charge in [-0.25, -0.2) is 4.98 Å². The summed E-state index contributed by atoms with van der Waals surface area (Å²) in [5, 5.41) is 3.71. The second kappa shape index (κ2) is 11.0. The highest BCUT2D eigenvalue weighted by Crippen LogP contribution is 2.28. The molecule has 156 valence electrons. The van der Waals surface area contributed by atoms with Crippen molar-refractivity contribution in [1.82, 2.24) is 10.3 Å². The highest BCUT2D eigenvalue weighted by Gasteiger charge is 2.13. The Morgan fingerprint density at radius 3 is 2.63 bits per heavy atom. The van der Waals surface area contributed by atoms with Gasteiger partial charge < -0.3 is 14.8 Å². The number of nitrogens with zero attached hydrogens (tertiary/aromatic N) is 1. The average molecular weight is 487 g/mol. The maximum atomic E-state index is 12.7. The fourth-order valence-electron chi connectivity index (χ4n) is 2.91. The zero-order valence-corrected chi connectivity index (χ0v) is 19.3. The van der Waals surface area contributed by atoms with Gasteiger partial charge in [-0.05, 0) is 53.9 Å². The number of ether oxygens (including phenoxy) is 2. The Hall–Kier alpha value is -2.51. The smallest absolute Gasteiger partial charge is 0.254 e. The molecule has 0 aliphatic carbocycles. The maximum Gasteiger partial charge on any atom is 0.254 e. The molecule has 1 aromatic heterocycles. The van der Waals surface area contributed by atoms with Crippen LogP contribution >= 0.6 is 27.7 Å². The highest BCUT2D eigenvalue weighted by atomic mass is 79.9. The van der Waals surface area contributed by atoms with Crippen LogP contribution in [0.3, 0.4) is 0 Å². The molecule has 0 aliphatic heterocycles. The highest BCUT2D eigenvalue weighted by molar-refractivity contribution is 9.10. The van der Waals surface area contributed by atoms with Crippen molar-refractivity contribution in [3.63, 3.8) is 0 Å². The number of rotatable bonds is 9. The zero-order chi connectivity index (χ0) is 21.3. The van der Waals surface area contributed by atoms with Crippen molar-refractivity contribution in [2.75, 3.05) is 20.8 Å². The molecule has 0 spiro atoms. The van der Waals surface area contributed by atoms with Gasteiger partial charge in [-0.1, -0.05) is 34.1 Å². The lowest BCUT2D eigenvalue weighted by molar-refractivity contribution is 0.0950. The summed E-state index contributed by atoms with van der Waals surface area (Å²) in [5.74, 6) is 1.98. The quantitative estimate of drug-likeness (QED) is 0.425. The summed E-state index contributed by atoms with van der Waals surface area (Å²) in [7, 11) is 3.22. The van der Waals surface area contributed by atoms with Crippen LogP contribution < -0.4 is 14.8 Å². The van der Waals surface area contributed by atoms with Gasteiger partial charge in [-0.15, -0.1) is 11.8 Å². The molecule has 0 unspecified atom stereocenters. The molecule has 2 aromatic carbocycles. The summed E-state index contributed by atoms with van der Waals surface area (Å²) in [5.41, 5.74) is 2.81. The second-order valence-electron chi connectivity index (χ2n) is 6.47. The molecular formula is C23H23BrN2O3S. The number of hydrogen-bond acceptors (Lipinski definition) is 5. The van der Waals surface area contributed by atoms with E-state index in [1.54, 1.807) is 38.2 Å². The topological polar surface area (TPSA) is 60.5 Å². The van der Waals surface area contributed by atoms with Crippen LogP contribution in [0.15, 0.2) is 70.3 Å². The molecule has 0 radical (unpaired) electrons. The number of halogens is 1. The van der Waals surface area contributed by atoms with Crippen LogP contribution in [-0.2, 0) is 12.2 Å². The fourth-order valence-corrected chi connectivity index (χ4v) is 4.29. The Morgan fingerprint density at radius 1 is 1.03 bits per heavy atom. The van der Waals surface area contributed by atoms with Crippen LogP contribution in [-0.4, -0.2) is 31.7 Å². The third-order valence-electron chi connectivity index (χ3n) is 4.43.